The second kappa shape index (κ2) is 51.7. The van der Waals surface area contributed by atoms with Gasteiger partial charge < -0.3 is 24.2 Å². The summed E-state index contributed by atoms with van der Waals surface area (Å²) in [6.45, 7) is 4.29. The monoisotopic (exact) mass is 1000 g/mol. The number of hydrogen-bond acceptors (Lipinski definition) is 10. The van der Waals surface area contributed by atoms with Gasteiger partial charge in [-0.05, 0) is 83.5 Å². The summed E-state index contributed by atoms with van der Waals surface area (Å²) in [6.07, 6.45) is 59.6. The van der Waals surface area contributed by atoms with Gasteiger partial charge in [-0.2, -0.15) is 0 Å². The smallest absolute Gasteiger partial charge is 0.462 e. The number of aliphatic hydroxyl groups excluding tert-OH is 1. The number of aliphatic hydroxyl groups is 1. The molecule has 0 aliphatic rings. The van der Waals surface area contributed by atoms with Gasteiger partial charge in [0, 0.05) is 19.3 Å². The molecule has 0 aliphatic carbocycles. The number of esters is 3. The Bertz CT molecular complexity index is 1540. The largest absolute Gasteiger partial charge is 0.472 e. The fraction of sp³-hybridized carbons (Fsp3) is 0.672. The maximum absolute atomic E-state index is 12.9. The minimum absolute atomic E-state index is 0.0961. The molecule has 0 heterocycles. The highest BCUT2D eigenvalue weighted by molar-refractivity contribution is 7.47. The molecule has 3 atom stereocenters. The molecule has 0 bridgehead atoms. The molecule has 0 aromatic heterocycles. The predicted octanol–water partition coefficient (Wildman–Crippen LogP) is 15.7. The average Bonchev–Trinajstić information content (AvgIpc) is 3.35. The minimum atomic E-state index is -4.77. The van der Waals surface area contributed by atoms with E-state index in [0.717, 1.165) is 96.3 Å². The maximum Gasteiger partial charge on any atom is 0.472 e. The standard InChI is InChI=1S/C58H97O11P/c1-4-7-10-13-16-19-22-25-26-27-28-31-34-37-40-43-46-49-58(62)69-55(51-65-56(60)47-44-41-38-35-32-29-23-20-17-14-11-8-5-2)53-67-70(63,64)66-52-54(50-59)68-57(61)48-45-42-39-36-33-30-24-21-18-15-12-9-6-3/h7-8,10-11,16-17,19-20,25-26,28-29,31-32,38,41,54-55,59H,4-6,9,12-15,18,21-24,27,30,33-37,39-40,42-53H2,1-3H3,(H,63,64)/b10-7-,11-8-,19-16-,20-17-,26-25-,31-28-,32-29-,41-38-. The van der Waals surface area contributed by atoms with Gasteiger partial charge in [-0.3, -0.25) is 23.4 Å². The number of phosphoric ester groups is 1. The van der Waals surface area contributed by atoms with Crippen molar-refractivity contribution in [1.29, 1.82) is 0 Å². The van der Waals surface area contributed by atoms with E-state index in [1.54, 1.807) is 0 Å². The Morgan fingerprint density at radius 2 is 0.771 bits per heavy atom. The number of unbranched alkanes of at least 4 members (excludes halogenated alkanes) is 16. The van der Waals surface area contributed by atoms with Crippen molar-refractivity contribution in [2.75, 3.05) is 26.4 Å². The molecular weight excluding hydrogens is 904 g/mol. The van der Waals surface area contributed by atoms with Crippen molar-refractivity contribution >= 4 is 25.7 Å². The molecule has 0 rings (SSSR count). The summed E-state index contributed by atoms with van der Waals surface area (Å²) in [5.74, 6) is -1.60. The van der Waals surface area contributed by atoms with Gasteiger partial charge in [-0.25, -0.2) is 4.57 Å². The molecular formula is C58H97O11P. The van der Waals surface area contributed by atoms with Gasteiger partial charge in [0.1, 0.15) is 12.7 Å². The number of hydrogen-bond donors (Lipinski definition) is 2. The van der Waals surface area contributed by atoms with Gasteiger partial charge in [0.15, 0.2) is 6.10 Å². The van der Waals surface area contributed by atoms with Crippen LogP contribution in [0.15, 0.2) is 97.2 Å². The van der Waals surface area contributed by atoms with Gasteiger partial charge in [0.05, 0.1) is 19.8 Å². The highest BCUT2D eigenvalue weighted by Gasteiger charge is 2.28. The zero-order valence-corrected chi connectivity index (χ0v) is 44.8. The lowest BCUT2D eigenvalue weighted by atomic mass is 10.0. The highest BCUT2D eigenvalue weighted by atomic mass is 31.2. The molecule has 0 fully saturated rings. The van der Waals surface area contributed by atoms with Crippen molar-refractivity contribution in [2.24, 2.45) is 0 Å². The third kappa shape index (κ3) is 49.4. The van der Waals surface area contributed by atoms with Gasteiger partial charge in [-0.1, -0.05) is 208 Å². The summed E-state index contributed by atoms with van der Waals surface area (Å²) < 4.78 is 39.3. The summed E-state index contributed by atoms with van der Waals surface area (Å²) in [5.41, 5.74) is 0. The number of rotatable bonds is 49. The number of carbonyl (C=O) groups excluding carboxylic acids is 3. The SMILES string of the molecule is CC/C=C\C/C=C\C/C=C\C/C=C\CCCCCCC(=O)OC(COC(=O)CC/C=C\C/C=C\C/C=C\C/C=C\CC)COP(=O)(O)OCC(CO)OC(=O)CCCCCCCCCCCCCCC. The summed E-state index contributed by atoms with van der Waals surface area (Å²) in [6, 6.07) is 0. The zero-order chi connectivity index (χ0) is 51.3. The first-order chi connectivity index (χ1) is 34.2. The van der Waals surface area contributed by atoms with Gasteiger partial charge in [0.25, 0.3) is 0 Å². The number of allylic oxidation sites excluding steroid dienone is 16. The molecule has 0 spiro atoms. The molecule has 400 valence electrons. The Morgan fingerprint density at radius 3 is 1.20 bits per heavy atom. The molecule has 0 saturated carbocycles. The Balaban J connectivity index is 4.85. The second-order valence-electron chi connectivity index (χ2n) is 17.6. The Hall–Kier alpha value is -3.60. The topological polar surface area (TPSA) is 155 Å². The van der Waals surface area contributed by atoms with E-state index in [2.05, 4.69) is 106 Å². The molecule has 2 N–H and O–H groups in total. The molecule has 0 saturated heterocycles. The highest BCUT2D eigenvalue weighted by Crippen LogP contribution is 2.43. The molecule has 0 aromatic rings. The average molecular weight is 1000 g/mol. The number of ether oxygens (including phenoxy) is 3. The van der Waals surface area contributed by atoms with Crippen LogP contribution in [0.5, 0.6) is 0 Å². The fourth-order valence-electron chi connectivity index (χ4n) is 6.95. The van der Waals surface area contributed by atoms with Crippen molar-refractivity contribution in [3.05, 3.63) is 97.2 Å². The van der Waals surface area contributed by atoms with Gasteiger partial charge in [-0.15, -0.1) is 0 Å². The van der Waals surface area contributed by atoms with Crippen molar-refractivity contribution in [3.8, 4) is 0 Å². The minimum Gasteiger partial charge on any atom is -0.462 e. The van der Waals surface area contributed by atoms with Crippen LogP contribution in [0.4, 0.5) is 0 Å². The van der Waals surface area contributed by atoms with E-state index in [1.165, 1.54) is 57.8 Å². The van der Waals surface area contributed by atoms with E-state index < -0.39 is 57.8 Å². The maximum atomic E-state index is 12.9. The van der Waals surface area contributed by atoms with Crippen LogP contribution in [-0.2, 0) is 42.2 Å². The first-order valence-electron chi connectivity index (χ1n) is 27.1. The van der Waals surface area contributed by atoms with Crippen molar-refractivity contribution < 1.29 is 52.2 Å². The predicted molar refractivity (Wildman–Crippen MR) is 288 cm³/mol. The van der Waals surface area contributed by atoms with E-state index in [-0.39, 0.29) is 25.9 Å². The molecule has 70 heavy (non-hydrogen) atoms. The normalized spacial score (nSPS) is 14.2. The second-order valence-corrected chi connectivity index (χ2v) is 19.1. The van der Waals surface area contributed by atoms with E-state index in [9.17, 15) is 28.9 Å². The van der Waals surface area contributed by atoms with Gasteiger partial charge >= 0.3 is 25.7 Å². The molecule has 0 aromatic carbocycles. The van der Waals surface area contributed by atoms with E-state index in [0.29, 0.717) is 19.3 Å². The summed E-state index contributed by atoms with van der Waals surface area (Å²) in [5, 5.41) is 9.79. The van der Waals surface area contributed by atoms with Crippen LogP contribution in [0.1, 0.15) is 213 Å². The van der Waals surface area contributed by atoms with Crippen LogP contribution in [0, 0.1) is 0 Å². The summed E-state index contributed by atoms with van der Waals surface area (Å²) in [7, 11) is -4.77. The van der Waals surface area contributed by atoms with Crippen molar-refractivity contribution in [1.82, 2.24) is 0 Å². The molecule has 11 nitrogen and oxygen atoms in total. The van der Waals surface area contributed by atoms with Crippen LogP contribution in [-0.4, -0.2) is 66.5 Å². The zero-order valence-electron chi connectivity index (χ0n) is 43.9. The van der Waals surface area contributed by atoms with E-state index in [1.807, 2.05) is 12.2 Å². The van der Waals surface area contributed by atoms with Crippen molar-refractivity contribution in [3.63, 3.8) is 0 Å². The van der Waals surface area contributed by atoms with Crippen molar-refractivity contribution in [2.45, 2.75) is 226 Å². The quantitative estimate of drug-likeness (QED) is 0.0197. The Labute approximate surface area is 425 Å². The Kier molecular flexibility index (Phi) is 49.1. The molecule has 0 radical (unpaired) electrons. The van der Waals surface area contributed by atoms with Crippen LogP contribution < -0.4 is 0 Å². The fourth-order valence-corrected chi connectivity index (χ4v) is 7.73. The van der Waals surface area contributed by atoms with E-state index >= 15 is 0 Å². The Morgan fingerprint density at radius 1 is 0.414 bits per heavy atom. The molecule has 0 aliphatic heterocycles. The summed E-state index contributed by atoms with van der Waals surface area (Å²) >= 11 is 0. The lowest BCUT2D eigenvalue weighted by Crippen LogP contribution is -2.30. The number of carbonyl (C=O) groups is 3. The molecule has 0 amide bonds. The third-order valence-electron chi connectivity index (χ3n) is 11.0. The van der Waals surface area contributed by atoms with E-state index in [4.69, 9.17) is 23.3 Å². The van der Waals surface area contributed by atoms with Crippen LogP contribution in [0.3, 0.4) is 0 Å². The van der Waals surface area contributed by atoms with Crippen LogP contribution in [0.25, 0.3) is 0 Å². The first-order valence-corrected chi connectivity index (χ1v) is 28.6. The van der Waals surface area contributed by atoms with Gasteiger partial charge in [0.2, 0.25) is 0 Å². The first kappa shape index (κ1) is 66.4. The molecule has 12 heteroatoms. The van der Waals surface area contributed by atoms with Crippen LogP contribution in [0.2, 0.25) is 0 Å². The summed E-state index contributed by atoms with van der Waals surface area (Å²) in [4.78, 5) is 48.4. The lowest BCUT2D eigenvalue weighted by Gasteiger charge is -2.21. The lowest BCUT2D eigenvalue weighted by molar-refractivity contribution is -0.161. The molecule has 3 unspecified atom stereocenters. The number of phosphoric acid groups is 1. The van der Waals surface area contributed by atoms with Crippen LogP contribution >= 0.6 is 7.82 Å². The third-order valence-corrected chi connectivity index (χ3v) is 12.0.